The number of aliphatic hydroxyl groups is 1. The molecular formula is C76H144O17P2. The van der Waals surface area contributed by atoms with Gasteiger partial charge in [-0.15, -0.1) is 0 Å². The van der Waals surface area contributed by atoms with Gasteiger partial charge in [-0.1, -0.05) is 316 Å². The highest BCUT2D eigenvalue weighted by molar-refractivity contribution is 7.47. The van der Waals surface area contributed by atoms with Crippen LogP contribution in [0.4, 0.5) is 0 Å². The fourth-order valence-corrected chi connectivity index (χ4v) is 12.7. The molecule has 2 unspecified atom stereocenters. The van der Waals surface area contributed by atoms with Crippen LogP contribution in [0.15, 0.2) is 24.3 Å². The molecule has 0 aliphatic heterocycles. The second-order valence-electron chi connectivity index (χ2n) is 27.7. The molecule has 0 amide bonds. The van der Waals surface area contributed by atoms with Crippen LogP contribution in [0.25, 0.3) is 0 Å². The predicted molar refractivity (Wildman–Crippen MR) is 386 cm³/mol. The molecule has 95 heavy (non-hydrogen) atoms. The Labute approximate surface area is 580 Å². The minimum atomic E-state index is -4.96. The summed E-state index contributed by atoms with van der Waals surface area (Å²) in [7, 11) is -9.92. The lowest BCUT2D eigenvalue weighted by atomic mass is 10.0. The smallest absolute Gasteiger partial charge is 0.462 e. The van der Waals surface area contributed by atoms with Gasteiger partial charge in [0, 0.05) is 25.7 Å². The number of ether oxygens (including phenoxy) is 4. The zero-order chi connectivity index (χ0) is 70.0. The Morgan fingerprint density at radius 3 is 0.863 bits per heavy atom. The Bertz CT molecular complexity index is 1930. The summed E-state index contributed by atoms with van der Waals surface area (Å²) < 4.78 is 68.4. The third-order valence-electron chi connectivity index (χ3n) is 17.1. The van der Waals surface area contributed by atoms with Crippen LogP contribution in [-0.2, 0) is 65.4 Å². The summed E-state index contributed by atoms with van der Waals surface area (Å²) in [6, 6.07) is 0. The van der Waals surface area contributed by atoms with E-state index >= 15 is 0 Å². The van der Waals surface area contributed by atoms with Crippen LogP contribution in [0.5, 0.6) is 0 Å². The number of esters is 4. The lowest BCUT2D eigenvalue weighted by molar-refractivity contribution is -0.161. The van der Waals surface area contributed by atoms with Crippen LogP contribution in [0.2, 0.25) is 0 Å². The molecule has 19 heteroatoms. The maximum atomic E-state index is 13.1. The monoisotopic (exact) mass is 1390 g/mol. The van der Waals surface area contributed by atoms with E-state index in [-0.39, 0.29) is 25.7 Å². The quantitative estimate of drug-likeness (QED) is 0.0169. The molecule has 0 fully saturated rings. The second kappa shape index (κ2) is 67.4. The molecule has 0 saturated heterocycles. The SMILES string of the molecule is CCCCCC/C=C\C=C/CCCCCCCC(=O)OC[C@H](COP(=O)(O)OC[C@@H](O)COP(=O)(O)OC[C@@H](COC(=O)CCCCCCCCCC)OC(=O)CCCCCCCCCCCCCCC(C)C)OC(=O)CCCCCCCCCCCCCCCCC(C)C. The summed E-state index contributed by atoms with van der Waals surface area (Å²) in [5.41, 5.74) is 0. The van der Waals surface area contributed by atoms with Crippen LogP contribution in [0, 0.1) is 11.8 Å². The zero-order valence-electron chi connectivity index (χ0n) is 61.5. The molecule has 0 aromatic carbocycles. The normalized spacial score (nSPS) is 14.2. The summed E-state index contributed by atoms with van der Waals surface area (Å²) >= 11 is 0. The van der Waals surface area contributed by atoms with Crippen molar-refractivity contribution in [3.63, 3.8) is 0 Å². The van der Waals surface area contributed by atoms with Gasteiger partial charge in [-0.3, -0.25) is 37.3 Å². The van der Waals surface area contributed by atoms with Gasteiger partial charge in [0.05, 0.1) is 26.4 Å². The number of allylic oxidation sites excluding steroid dienone is 4. The van der Waals surface area contributed by atoms with Crippen molar-refractivity contribution in [2.24, 2.45) is 11.8 Å². The van der Waals surface area contributed by atoms with Gasteiger partial charge in [0.1, 0.15) is 19.3 Å². The Morgan fingerprint density at radius 1 is 0.326 bits per heavy atom. The molecule has 0 aromatic rings. The van der Waals surface area contributed by atoms with Gasteiger partial charge >= 0.3 is 39.5 Å². The number of hydrogen-bond donors (Lipinski definition) is 3. The number of rotatable bonds is 73. The molecule has 17 nitrogen and oxygen atoms in total. The van der Waals surface area contributed by atoms with Crippen molar-refractivity contribution < 1.29 is 80.2 Å². The molecule has 0 spiro atoms. The first-order chi connectivity index (χ1) is 45.9. The van der Waals surface area contributed by atoms with Crippen LogP contribution in [0.3, 0.4) is 0 Å². The van der Waals surface area contributed by atoms with Gasteiger partial charge in [0.15, 0.2) is 12.2 Å². The van der Waals surface area contributed by atoms with Crippen molar-refractivity contribution in [2.45, 2.75) is 387 Å². The van der Waals surface area contributed by atoms with Gasteiger partial charge in [-0.25, -0.2) is 9.13 Å². The van der Waals surface area contributed by atoms with Gasteiger partial charge in [-0.2, -0.15) is 0 Å². The van der Waals surface area contributed by atoms with E-state index in [1.807, 2.05) is 0 Å². The molecular weight excluding hydrogens is 1250 g/mol. The molecule has 0 aliphatic rings. The molecule has 0 radical (unpaired) electrons. The second-order valence-corrected chi connectivity index (χ2v) is 30.6. The third-order valence-corrected chi connectivity index (χ3v) is 19.0. The summed E-state index contributed by atoms with van der Waals surface area (Å²) in [6.45, 7) is 9.53. The summed E-state index contributed by atoms with van der Waals surface area (Å²) in [5, 5.41) is 10.6. The molecule has 3 N–H and O–H groups in total. The maximum Gasteiger partial charge on any atom is 0.472 e. The van der Waals surface area contributed by atoms with Crippen LogP contribution >= 0.6 is 15.6 Å². The van der Waals surface area contributed by atoms with Crippen molar-refractivity contribution in [1.82, 2.24) is 0 Å². The van der Waals surface area contributed by atoms with Crippen LogP contribution in [0.1, 0.15) is 369 Å². The van der Waals surface area contributed by atoms with Crippen molar-refractivity contribution in [3.8, 4) is 0 Å². The summed E-state index contributed by atoms with van der Waals surface area (Å²) in [6.07, 6.45) is 57.7. The summed E-state index contributed by atoms with van der Waals surface area (Å²) in [4.78, 5) is 72.7. The largest absolute Gasteiger partial charge is 0.472 e. The van der Waals surface area contributed by atoms with Gasteiger partial charge in [0.2, 0.25) is 0 Å². The van der Waals surface area contributed by atoms with Crippen LogP contribution < -0.4 is 0 Å². The van der Waals surface area contributed by atoms with E-state index in [4.69, 9.17) is 37.0 Å². The Morgan fingerprint density at radius 2 is 0.568 bits per heavy atom. The average molecular weight is 1390 g/mol. The van der Waals surface area contributed by atoms with Gasteiger partial charge in [0.25, 0.3) is 0 Å². The number of unbranched alkanes of at least 4 members (excludes halogenated alkanes) is 40. The van der Waals surface area contributed by atoms with Crippen molar-refractivity contribution in [2.75, 3.05) is 39.6 Å². The average Bonchev–Trinajstić information content (AvgIpc) is 2.80. The molecule has 0 saturated carbocycles. The highest BCUT2D eigenvalue weighted by Gasteiger charge is 2.30. The topological polar surface area (TPSA) is 237 Å². The first kappa shape index (κ1) is 92.5. The van der Waals surface area contributed by atoms with E-state index in [1.54, 1.807) is 0 Å². The van der Waals surface area contributed by atoms with E-state index in [1.165, 1.54) is 161 Å². The van der Waals surface area contributed by atoms with Crippen LogP contribution in [-0.4, -0.2) is 96.7 Å². The lowest BCUT2D eigenvalue weighted by Crippen LogP contribution is -2.30. The fourth-order valence-electron chi connectivity index (χ4n) is 11.1. The molecule has 5 atom stereocenters. The highest BCUT2D eigenvalue weighted by atomic mass is 31.2. The van der Waals surface area contributed by atoms with Crippen molar-refractivity contribution in [1.29, 1.82) is 0 Å². The fraction of sp³-hybridized carbons (Fsp3) is 0.895. The highest BCUT2D eigenvalue weighted by Crippen LogP contribution is 2.45. The third kappa shape index (κ3) is 69.8. The van der Waals surface area contributed by atoms with Crippen molar-refractivity contribution in [3.05, 3.63) is 24.3 Å². The Balaban J connectivity index is 5.25. The number of aliphatic hydroxyl groups excluding tert-OH is 1. The number of phosphoric acid groups is 2. The van der Waals surface area contributed by atoms with E-state index < -0.39 is 97.5 Å². The molecule has 0 rings (SSSR count). The van der Waals surface area contributed by atoms with E-state index in [2.05, 4.69) is 65.8 Å². The molecule has 0 aromatic heterocycles. The first-order valence-electron chi connectivity index (χ1n) is 38.8. The minimum absolute atomic E-state index is 0.101. The van der Waals surface area contributed by atoms with E-state index in [0.29, 0.717) is 25.7 Å². The molecule has 0 aliphatic carbocycles. The van der Waals surface area contributed by atoms with E-state index in [9.17, 15) is 43.2 Å². The Kier molecular flexibility index (Phi) is 65.6. The molecule has 0 bridgehead atoms. The lowest BCUT2D eigenvalue weighted by Gasteiger charge is -2.21. The standard InChI is InChI=1S/C76H144O17P2/c1-7-9-11-13-15-17-18-19-20-24-30-35-41-47-53-59-74(79)87-65-72(93-75(80)60-54-48-42-36-31-25-22-21-23-28-33-38-44-50-56-68(3)4)67-91-95(84,85)89-63-70(77)62-88-94(82,83)90-66-71(64-86-73(78)58-52-46-40-16-14-12-10-8-2)92-76(81)61-55-49-43-37-32-27-26-29-34-39-45-51-57-69(5)6/h17-20,68-72,77H,7-16,21-67H2,1-6H3,(H,82,83)(H,84,85)/b18-17-,20-19-/t70-,71+,72+/m0/s1. The van der Waals surface area contributed by atoms with E-state index in [0.717, 1.165) is 127 Å². The maximum absolute atomic E-state index is 13.1. The van der Waals surface area contributed by atoms with Gasteiger partial charge < -0.3 is 33.8 Å². The number of phosphoric ester groups is 2. The Hall–Kier alpha value is -2.46. The van der Waals surface area contributed by atoms with Crippen molar-refractivity contribution >= 4 is 39.5 Å². The number of hydrogen-bond acceptors (Lipinski definition) is 15. The molecule has 560 valence electrons. The zero-order valence-corrected chi connectivity index (χ0v) is 63.2. The number of carbonyl (C=O) groups is 4. The minimum Gasteiger partial charge on any atom is -0.462 e. The predicted octanol–water partition coefficient (Wildman–Crippen LogP) is 21.9. The summed E-state index contributed by atoms with van der Waals surface area (Å²) in [5.74, 6) is -0.580. The van der Waals surface area contributed by atoms with Gasteiger partial charge in [-0.05, 0) is 63.2 Å². The molecule has 0 heterocycles. The number of carbonyl (C=O) groups excluding carboxylic acids is 4. The first-order valence-corrected chi connectivity index (χ1v) is 41.8.